The van der Waals surface area contributed by atoms with Crippen LogP contribution < -0.4 is 15.0 Å². The number of methoxy groups -OCH3 is 1. The number of carbonyl (C=O) groups is 3. The molecule has 3 rings (SSSR count). The summed E-state index contributed by atoms with van der Waals surface area (Å²) in [6, 6.07) is 13.1. The van der Waals surface area contributed by atoms with Crippen LogP contribution in [-0.2, 0) is 9.59 Å². The number of carboxylic acids is 1. The zero-order valence-electron chi connectivity index (χ0n) is 14.1. The van der Waals surface area contributed by atoms with Gasteiger partial charge in [-0.15, -0.1) is 0 Å². The molecule has 2 aromatic carbocycles. The van der Waals surface area contributed by atoms with Gasteiger partial charge in [0.15, 0.2) is 0 Å². The van der Waals surface area contributed by atoms with Gasteiger partial charge in [-0.3, -0.25) is 9.59 Å². The highest BCUT2D eigenvalue weighted by Gasteiger charge is 2.36. The minimum Gasteiger partial charge on any atom is -0.495 e. The molecule has 1 aliphatic rings. The van der Waals surface area contributed by atoms with Crippen LogP contribution in [0.1, 0.15) is 16.8 Å². The molecule has 0 saturated carbocycles. The summed E-state index contributed by atoms with van der Waals surface area (Å²) in [6.07, 6.45) is 0.0858. The molecule has 0 aliphatic carbocycles. The molecule has 7 nitrogen and oxygen atoms in total. The van der Waals surface area contributed by atoms with E-state index in [1.807, 2.05) is 6.07 Å². The molecule has 1 aliphatic heterocycles. The Kier molecular flexibility index (Phi) is 4.88. The molecule has 2 aromatic rings. The number of anilines is 2. The van der Waals surface area contributed by atoms with E-state index >= 15 is 0 Å². The Bertz CT molecular complexity index is 865. The molecule has 1 atom stereocenters. The van der Waals surface area contributed by atoms with Gasteiger partial charge in [-0.25, -0.2) is 4.79 Å². The lowest BCUT2D eigenvalue weighted by Crippen LogP contribution is -2.28. The van der Waals surface area contributed by atoms with E-state index in [1.54, 1.807) is 30.3 Å². The lowest BCUT2D eigenvalue weighted by Gasteiger charge is -2.19. The van der Waals surface area contributed by atoms with Gasteiger partial charge in [0.1, 0.15) is 5.75 Å². The van der Waals surface area contributed by atoms with Crippen LogP contribution in [0.15, 0.2) is 48.5 Å². The molecule has 0 radical (unpaired) electrons. The van der Waals surface area contributed by atoms with Crippen molar-refractivity contribution in [1.29, 1.82) is 0 Å². The number of ether oxygens (including phenoxy) is 1. The lowest BCUT2D eigenvalue weighted by molar-refractivity contribution is -0.122. The monoisotopic (exact) mass is 354 g/mol. The van der Waals surface area contributed by atoms with E-state index in [9.17, 15) is 14.4 Å². The molecule has 0 unspecified atom stereocenters. The van der Waals surface area contributed by atoms with Crippen LogP contribution in [0.25, 0.3) is 0 Å². The number of amides is 2. The Balaban J connectivity index is 1.73. The second-order valence-corrected chi connectivity index (χ2v) is 5.95. The standard InChI is InChI=1S/C19H18N2O5/c1-26-16-8-3-2-7-15(16)21-11-13(10-17(21)22)18(23)20-14-6-4-5-12(9-14)19(24)25/h2-9,13H,10-11H2,1H3,(H,20,23)(H,24,25)/t13-/m0/s1. The van der Waals surface area contributed by atoms with E-state index in [1.165, 1.54) is 24.1 Å². The van der Waals surface area contributed by atoms with Crippen LogP contribution in [0.2, 0.25) is 0 Å². The van der Waals surface area contributed by atoms with E-state index < -0.39 is 11.9 Å². The topological polar surface area (TPSA) is 95.9 Å². The van der Waals surface area contributed by atoms with Crippen molar-refractivity contribution < 1.29 is 24.2 Å². The number of nitrogens with one attached hydrogen (secondary N) is 1. The van der Waals surface area contributed by atoms with Gasteiger partial charge < -0.3 is 20.1 Å². The van der Waals surface area contributed by atoms with Gasteiger partial charge in [0.05, 0.1) is 24.3 Å². The van der Waals surface area contributed by atoms with Crippen LogP contribution in [0.4, 0.5) is 11.4 Å². The second kappa shape index (κ2) is 7.26. The lowest BCUT2D eigenvalue weighted by atomic mass is 10.1. The molecular formula is C19H18N2O5. The van der Waals surface area contributed by atoms with Crippen molar-refractivity contribution in [2.24, 2.45) is 5.92 Å². The predicted octanol–water partition coefficient (Wildman–Crippen LogP) is 2.38. The minimum absolute atomic E-state index is 0.0842. The summed E-state index contributed by atoms with van der Waals surface area (Å²) in [5, 5.41) is 11.7. The molecule has 2 amide bonds. The third kappa shape index (κ3) is 3.51. The largest absolute Gasteiger partial charge is 0.495 e. The highest BCUT2D eigenvalue weighted by atomic mass is 16.5. The van der Waals surface area contributed by atoms with Gasteiger partial charge in [-0.2, -0.15) is 0 Å². The molecule has 1 fully saturated rings. The quantitative estimate of drug-likeness (QED) is 0.859. The van der Waals surface area contributed by atoms with Crippen molar-refractivity contribution in [1.82, 2.24) is 0 Å². The number of benzene rings is 2. The van der Waals surface area contributed by atoms with Crippen molar-refractivity contribution in [2.75, 3.05) is 23.9 Å². The summed E-state index contributed by atoms with van der Waals surface area (Å²) in [5.41, 5.74) is 1.10. The van der Waals surface area contributed by atoms with E-state index in [0.717, 1.165) is 0 Å². The fourth-order valence-corrected chi connectivity index (χ4v) is 2.94. The number of carboxylic acid groups (broad SMARTS) is 1. The maximum absolute atomic E-state index is 12.5. The van der Waals surface area contributed by atoms with Crippen molar-refractivity contribution in [3.05, 3.63) is 54.1 Å². The molecule has 0 aromatic heterocycles. The van der Waals surface area contributed by atoms with Crippen LogP contribution >= 0.6 is 0 Å². The summed E-state index contributed by atoms with van der Waals surface area (Å²) < 4.78 is 5.28. The first-order valence-electron chi connectivity index (χ1n) is 8.07. The van der Waals surface area contributed by atoms with Gasteiger partial charge in [0, 0.05) is 18.7 Å². The Morgan fingerprint density at radius 2 is 1.96 bits per heavy atom. The van der Waals surface area contributed by atoms with Crippen molar-refractivity contribution in [3.8, 4) is 5.75 Å². The molecule has 7 heteroatoms. The van der Waals surface area contributed by atoms with Crippen LogP contribution in [0, 0.1) is 5.92 Å². The first-order chi connectivity index (χ1) is 12.5. The fourth-order valence-electron chi connectivity index (χ4n) is 2.94. The number of carbonyl (C=O) groups excluding carboxylic acids is 2. The Labute approximate surface area is 150 Å². The van der Waals surface area contributed by atoms with Gasteiger partial charge in [-0.1, -0.05) is 18.2 Å². The summed E-state index contributed by atoms with van der Waals surface area (Å²) in [4.78, 5) is 37.4. The Morgan fingerprint density at radius 3 is 2.69 bits per heavy atom. The molecule has 134 valence electrons. The SMILES string of the molecule is COc1ccccc1N1C[C@@H](C(=O)Nc2cccc(C(=O)O)c2)CC1=O. The van der Waals surface area contributed by atoms with Gasteiger partial charge >= 0.3 is 5.97 Å². The average Bonchev–Trinajstić information content (AvgIpc) is 3.03. The van der Waals surface area contributed by atoms with E-state index in [0.29, 0.717) is 17.1 Å². The molecular weight excluding hydrogens is 336 g/mol. The first kappa shape index (κ1) is 17.5. The van der Waals surface area contributed by atoms with Gasteiger partial charge in [0.25, 0.3) is 0 Å². The number of nitrogens with zero attached hydrogens (tertiary/aromatic N) is 1. The summed E-state index contributed by atoms with van der Waals surface area (Å²) >= 11 is 0. The third-order valence-electron chi connectivity index (χ3n) is 4.25. The first-order valence-corrected chi connectivity index (χ1v) is 8.07. The van der Waals surface area contributed by atoms with Crippen molar-refractivity contribution >= 4 is 29.2 Å². The normalized spacial score (nSPS) is 16.4. The highest BCUT2D eigenvalue weighted by Crippen LogP contribution is 2.33. The van der Waals surface area contributed by atoms with Gasteiger partial charge in [0.2, 0.25) is 11.8 Å². The van der Waals surface area contributed by atoms with Crippen LogP contribution in [0.3, 0.4) is 0 Å². The maximum atomic E-state index is 12.5. The third-order valence-corrected chi connectivity index (χ3v) is 4.25. The predicted molar refractivity (Wildman–Crippen MR) is 95.5 cm³/mol. The summed E-state index contributed by atoms with van der Waals surface area (Å²) in [7, 11) is 1.53. The van der Waals surface area contributed by atoms with Crippen molar-refractivity contribution in [2.45, 2.75) is 6.42 Å². The van der Waals surface area contributed by atoms with Crippen LogP contribution in [0.5, 0.6) is 5.75 Å². The van der Waals surface area contributed by atoms with Gasteiger partial charge in [-0.05, 0) is 30.3 Å². The fraction of sp³-hybridized carbons (Fsp3) is 0.211. The molecule has 26 heavy (non-hydrogen) atoms. The number of rotatable bonds is 5. The number of hydrogen-bond acceptors (Lipinski definition) is 4. The average molecular weight is 354 g/mol. The van der Waals surface area contributed by atoms with Crippen molar-refractivity contribution in [3.63, 3.8) is 0 Å². The summed E-state index contributed by atoms with van der Waals surface area (Å²) in [6.45, 7) is 0.240. The maximum Gasteiger partial charge on any atom is 0.335 e. The molecule has 0 spiro atoms. The zero-order valence-corrected chi connectivity index (χ0v) is 14.1. The van der Waals surface area contributed by atoms with E-state index in [-0.39, 0.29) is 30.3 Å². The minimum atomic E-state index is -1.07. The Morgan fingerprint density at radius 1 is 1.19 bits per heavy atom. The molecule has 2 N–H and O–H groups in total. The number of para-hydroxylation sites is 2. The molecule has 0 bridgehead atoms. The zero-order chi connectivity index (χ0) is 18.7. The van der Waals surface area contributed by atoms with E-state index in [2.05, 4.69) is 5.32 Å². The highest BCUT2D eigenvalue weighted by molar-refractivity contribution is 6.04. The summed E-state index contributed by atoms with van der Waals surface area (Å²) in [5.74, 6) is -1.51. The number of aromatic carboxylic acids is 1. The molecule has 1 saturated heterocycles. The van der Waals surface area contributed by atoms with E-state index in [4.69, 9.17) is 9.84 Å². The number of hydrogen-bond donors (Lipinski definition) is 2. The second-order valence-electron chi connectivity index (χ2n) is 5.95. The smallest absolute Gasteiger partial charge is 0.335 e. The molecule has 1 heterocycles. The Hall–Kier alpha value is -3.35. The van der Waals surface area contributed by atoms with Crippen LogP contribution in [-0.4, -0.2) is 36.5 Å².